The quantitative estimate of drug-likeness (QED) is 0.123. The van der Waals surface area contributed by atoms with Gasteiger partial charge in [-0.3, -0.25) is 0 Å². The number of aromatic nitrogens is 2. The molecule has 4 heteroatoms. The van der Waals surface area contributed by atoms with Crippen LogP contribution in [0.2, 0.25) is 0 Å². The van der Waals surface area contributed by atoms with E-state index in [2.05, 4.69) is 91.4 Å². The number of benzene rings is 6. The molecular formula is C56H54IrN2O-2. The second-order valence-corrected chi connectivity index (χ2v) is 17.1. The zero-order valence-corrected chi connectivity index (χ0v) is 38.2. The van der Waals surface area contributed by atoms with E-state index in [4.69, 9.17) is 9.90 Å². The first-order valence-corrected chi connectivity index (χ1v) is 20.2. The first-order valence-electron chi connectivity index (χ1n) is 23.2. The van der Waals surface area contributed by atoms with Gasteiger partial charge in [-0.25, -0.2) is 0 Å². The van der Waals surface area contributed by atoms with Crippen LogP contribution >= 0.6 is 0 Å². The van der Waals surface area contributed by atoms with Gasteiger partial charge >= 0.3 is 0 Å². The van der Waals surface area contributed by atoms with Gasteiger partial charge in [0, 0.05) is 46.1 Å². The van der Waals surface area contributed by atoms with E-state index in [1.807, 2.05) is 66.9 Å². The molecule has 1 radical (unpaired) electrons. The monoisotopic (exact) mass is 969 g/mol. The summed E-state index contributed by atoms with van der Waals surface area (Å²) in [5.74, 6) is -3.36. The maximum Gasteiger partial charge on any atom is 0.121 e. The molecular weight excluding hydrogens is 909 g/mol. The first kappa shape index (κ1) is 35.4. The van der Waals surface area contributed by atoms with Gasteiger partial charge in [0.2, 0.25) is 0 Å². The van der Waals surface area contributed by atoms with Gasteiger partial charge in [0.15, 0.2) is 0 Å². The average molecular weight is 969 g/mol. The molecule has 0 amide bonds. The van der Waals surface area contributed by atoms with Crippen LogP contribution in [0, 0.1) is 19.0 Å². The Kier molecular flexibility index (Phi) is 10.2. The summed E-state index contributed by atoms with van der Waals surface area (Å²) in [4.78, 5) is 9.17. The number of nitrogens with zero attached hydrogens (tertiary/aromatic N) is 2. The van der Waals surface area contributed by atoms with Crippen molar-refractivity contribution in [1.29, 1.82) is 0 Å². The van der Waals surface area contributed by atoms with Crippen molar-refractivity contribution in [3.8, 4) is 33.6 Å². The van der Waals surface area contributed by atoms with Crippen molar-refractivity contribution in [3.05, 3.63) is 168 Å². The second kappa shape index (κ2) is 17.3. The molecule has 0 aliphatic carbocycles. The fourth-order valence-electron chi connectivity index (χ4n) is 7.79. The summed E-state index contributed by atoms with van der Waals surface area (Å²) < 4.78 is 59.3. The number of hydrogen-bond donors (Lipinski definition) is 0. The van der Waals surface area contributed by atoms with E-state index in [0.717, 1.165) is 49.2 Å². The molecule has 0 unspecified atom stereocenters. The molecule has 0 aliphatic heterocycles. The Bertz CT molecular complexity index is 3190. The molecule has 3 aromatic heterocycles. The van der Waals surface area contributed by atoms with Crippen LogP contribution in [0.3, 0.4) is 0 Å². The Morgan fingerprint density at radius 1 is 0.633 bits per heavy atom. The molecule has 3 heterocycles. The third-order valence-corrected chi connectivity index (χ3v) is 11.1. The summed E-state index contributed by atoms with van der Waals surface area (Å²) in [6, 6.07) is 44.6. The van der Waals surface area contributed by atoms with Gasteiger partial charge in [-0.2, -0.15) is 0 Å². The van der Waals surface area contributed by atoms with Crippen LogP contribution in [0.15, 0.2) is 132 Å². The summed E-state index contributed by atoms with van der Waals surface area (Å²) in [6.07, 6.45) is 3.34. The molecule has 0 saturated heterocycles. The topological polar surface area (TPSA) is 38.9 Å². The molecule has 6 aromatic carbocycles. The summed E-state index contributed by atoms with van der Waals surface area (Å²) in [7, 11) is 0. The number of fused-ring (bicyclic) bond motifs is 6. The van der Waals surface area contributed by atoms with E-state index in [9.17, 15) is 2.74 Å². The van der Waals surface area contributed by atoms with E-state index in [1.165, 1.54) is 11.8 Å². The fourth-order valence-corrected chi connectivity index (χ4v) is 7.79. The van der Waals surface area contributed by atoms with Crippen molar-refractivity contribution < 1.29 is 32.7 Å². The fraction of sp³-hybridized carbons (Fsp3) is 0.250. The summed E-state index contributed by atoms with van der Waals surface area (Å²) in [6.45, 7) is 14.6. The van der Waals surface area contributed by atoms with Gasteiger partial charge in [0.05, 0.1) is 5.58 Å². The number of furan rings is 1. The zero-order valence-electron chi connectivity index (χ0n) is 41.8. The van der Waals surface area contributed by atoms with Crippen LogP contribution in [-0.2, 0) is 25.5 Å². The van der Waals surface area contributed by atoms with Crippen molar-refractivity contribution in [1.82, 2.24) is 9.97 Å². The maximum atomic E-state index is 9.19. The number of hydrogen-bond acceptors (Lipinski definition) is 3. The van der Waals surface area contributed by atoms with Crippen LogP contribution < -0.4 is 0 Å². The van der Waals surface area contributed by atoms with Crippen LogP contribution in [0.1, 0.15) is 116 Å². The van der Waals surface area contributed by atoms with E-state index in [-0.39, 0.29) is 31.1 Å². The Morgan fingerprint density at radius 3 is 2.00 bits per heavy atom. The summed E-state index contributed by atoms with van der Waals surface area (Å²) in [5, 5.41) is 6.33. The molecule has 0 spiro atoms. The van der Waals surface area contributed by atoms with Crippen LogP contribution in [0.5, 0.6) is 0 Å². The minimum Gasteiger partial charge on any atom is -0.501 e. The zero-order chi connectivity index (χ0) is 46.9. The minimum atomic E-state index is -2.53. The molecule has 3 nitrogen and oxygen atoms in total. The van der Waals surface area contributed by atoms with Gasteiger partial charge in [-0.15, -0.1) is 54.1 Å². The Labute approximate surface area is 378 Å². The molecule has 60 heavy (non-hydrogen) atoms. The van der Waals surface area contributed by atoms with E-state index < -0.39 is 24.5 Å². The Balaban J connectivity index is 0.000000322. The van der Waals surface area contributed by atoms with E-state index in [0.29, 0.717) is 44.7 Å². The average Bonchev–Trinajstić information content (AvgIpc) is 3.61. The van der Waals surface area contributed by atoms with Crippen LogP contribution in [-0.4, -0.2) is 9.97 Å². The predicted octanol–water partition coefficient (Wildman–Crippen LogP) is 15.9. The van der Waals surface area contributed by atoms with Crippen molar-refractivity contribution in [2.24, 2.45) is 0 Å². The summed E-state index contributed by atoms with van der Waals surface area (Å²) >= 11 is 0. The summed E-state index contributed by atoms with van der Waals surface area (Å²) in [5.41, 5.74) is 8.48. The SMILES string of the molecule is CC(C)(C)c1ccc(-c2[c-]cccc2)nc1.[2H]C([2H])([2H])c1cnc(-c2[c-]ccc3c2oc2cc4c(ccc5ccccc54)cc23)cc1-c1c(C([2H])(C)C)cc(C([2H])(C)C)cc1C([2H])(C)C.[Ir]. The number of aryl methyl sites for hydroxylation is 1. The second-order valence-electron chi connectivity index (χ2n) is 17.1. The smallest absolute Gasteiger partial charge is 0.121 e. The molecule has 305 valence electrons. The molecule has 0 aliphatic rings. The molecule has 9 rings (SSSR count). The normalized spacial score (nSPS) is 14.0. The number of rotatable bonds is 6. The van der Waals surface area contributed by atoms with Crippen LogP contribution in [0.4, 0.5) is 0 Å². The largest absolute Gasteiger partial charge is 0.501 e. The predicted molar refractivity (Wildman–Crippen MR) is 250 cm³/mol. The van der Waals surface area contributed by atoms with Crippen molar-refractivity contribution >= 4 is 43.5 Å². The van der Waals surface area contributed by atoms with Gasteiger partial charge in [0.1, 0.15) is 5.58 Å². The van der Waals surface area contributed by atoms with Gasteiger partial charge in [0.25, 0.3) is 0 Å². The number of pyridine rings is 2. The standard InChI is InChI=1S/C41H38NO.C15H16N.Ir/c1-23(2)29-18-33(24(3)4)40(34(19-29)25(5)6)35-20-38(42-22-26(35)7)32-14-10-13-31-37-17-28-16-15-27-11-8-9-12-30(27)36(28)21-39(37)43-41(31)32;1-15(2,3)13-9-10-14(16-11-13)12-7-5-4-6-8-12;/h8-13,15-25H,1-7H3;4-7,9-11H,1-3H3;/q2*-1;/i7D3,23D,24D,25D;;. The third-order valence-electron chi connectivity index (χ3n) is 11.1. The van der Waals surface area contributed by atoms with E-state index >= 15 is 0 Å². The molecule has 0 atom stereocenters. The van der Waals surface area contributed by atoms with Crippen molar-refractivity contribution in [3.63, 3.8) is 0 Å². The van der Waals surface area contributed by atoms with Crippen LogP contribution in [0.25, 0.3) is 77.1 Å². The van der Waals surface area contributed by atoms with Crippen molar-refractivity contribution in [2.75, 3.05) is 0 Å². The molecule has 0 bridgehead atoms. The molecule has 0 saturated carbocycles. The van der Waals surface area contributed by atoms with Crippen molar-refractivity contribution in [2.45, 2.75) is 92.3 Å². The minimum absolute atomic E-state index is 0. The van der Waals surface area contributed by atoms with Gasteiger partial charge in [-0.05, 0) is 114 Å². The van der Waals surface area contributed by atoms with Gasteiger partial charge < -0.3 is 14.4 Å². The first-order chi connectivity index (χ1) is 30.4. The third kappa shape index (κ3) is 8.33. The molecule has 0 N–H and O–H groups in total. The maximum absolute atomic E-state index is 9.19. The Hall–Kier alpha value is -5.41. The molecule has 9 aromatic rings. The Morgan fingerprint density at radius 2 is 1.35 bits per heavy atom. The molecule has 0 fully saturated rings. The van der Waals surface area contributed by atoms with Gasteiger partial charge in [-0.1, -0.05) is 140 Å². The van der Waals surface area contributed by atoms with E-state index in [1.54, 1.807) is 47.6 Å².